The molecule has 0 fully saturated rings. The first kappa shape index (κ1) is 12.8. The average Bonchev–Trinajstić information content (AvgIpc) is 2.40. The van der Waals surface area contributed by atoms with E-state index in [1.165, 1.54) is 41.8 Å². The Labute approximate surface area is 121 Å². The molecule has 0 bridgehead atoms. The topological polar surface area (TPSA) is 12.9 Å². The first-order valence-corrected chi connectivity index (χ1v) is 7.39. The highest BCUT2D eigenvalue weighted by atomic mass is 79.9. The smallest absolute Gasteiger partial charge is 0.123 e. The van der Waals surface area contributed by atoms with Crippen molar-refractivity contribution in [1.29, 1.82) is 0 Å². The van der Waals surface area contributed by atoms with Crippen LogP contribution in [0.25, 0.3) is 11.1 Å². The second-order valence-electron chi connectivity index (χ2n) is 5.16. The standard InChI is InChI=1S/C16H15BrFN/c1-10-3-2-4-13-14(9-15(17)19-16(10)13)11-5-7-12(18)8-6-11/h5-10H,2-4H2,1H3. The molecule has 1 aliphatic carbocycles. The normalized spacial score (nSPS) is 18.2. The molecule has 1 aliphatic rings. The van der Waals surface area contributed by atoms with Gasteiger partial charge in [0, 0.05) is 5.69 Å². The second kappa shape index (κ2) is 5.04. The predicted molar refractivity (Wildman–Crippen MR) is 78.7 cm³/mol. The number of halogens is 2. The fraction of sp³-hybridized carbons (Fsp3) is 0.312. The third-order valence-corrected chi connectivity index (χ3v) is 4.22. The first-order valence-electron chi connectivity index (χ1n) is 6.60. The zero-order valence-corrected chi connectivity index (χ0v) is 12.4. The minimum atomic E-state index is -0.195. The molecule has 19 heavy (non-hydrogen) atoms. The monoisotopic (exact) mass is 319 g/mol. The van der Waals surface area contributed by atoms with Gasteiger partial charge in [0.15, 0.2) is 0 Å². The molecule has 2 aromatic rings. The number of fused-ring (bicyclic) bond motifs is 1. The van der Waals surface area contributed by atoms with E-state index >= 15 is 0 Å². The number of benzene rings is 1. The molecule has 0 saturated heterocycles. The molecule has 1 aromatic carbocycles. The second-order valence-corrected chi connectivity index (χ2v) is 5.97. The van der Waals surface area contributed by atoms with Crippen LogP contribution in [0.1, 0.15) is 36.9 Å². The van der Waals surface area contributed by atoms with Crippen molar-refractivity contribution < 1.29 is 4.39 Å². The SMILES string of the molecule is CC1CCCc2c(-c3ccc(F)cc3)cc(Br)nc21. The van der Waals surface area contributed by atoms with Gasteiger partial charge in [-0.1, -0.05) is 19.1 Å². The van der Waals surface area contributed by atoms with Gasteiger partial charge in [0.1, 0.15) is 10.4 Å². The summed E-state index contributed by atoms with van der Waals surface area (Å²) in [5.41, 5.74) is 4.77. The molecule has 0 amide bonds. The van der Waals surface area contributed by atoms with Crippen LogP contribution in [0.5, 0.6) is 0 Å². The van der Waals surface area contributed by atoms with Crippen LogP contribution in [0.15, 0.2) is 34.9 Å². The van der Waals surface area contributed by atoms with Crippen molar-refractivity contribution in [3.63, 3.8) is 0 Å². The van der Waals surface area contributed by atoms with E-state index in [0.717, 1.165) is 16.6 Å². The van der Waals surface area contributed by atoms with E-state index in [0.29, 0.717) is 5.92 Å². The third-order valence-electron chi connectivity index (χ3n) is 3.81. The Morgan fingerprint density at radius 3 is 2.74 bits per heavy atom. The van der Waals surface area contributed by atoms with Crippen molar-refractivity contribution >= 4 is 15.9 Å². The maximum atomic E-state index is 13.1. The van der Waals surface area contributed by atoms with Crippen LogP contribution in [0, 0.1) is 5.82 Å². The molecule has 0 aliphatic heterocycles. The van der Waals surface area contributed by atoms with Gasteiger partial charge in [0.05, 0.1) is 0 Å². The van der Waals surface area contributed by atoms with Crippen LogP contribution in [0.3, 0.4) is 0 Å². The van der Waals surface area contributed by atoms with Gasteiger partial charge in [-0.15, -0.1) is 0 Å². The summed E-state index contributed by atoms with van der Waals surface area (Å²) in [6.45, 7) is 2.23. The Morgan fingerprint density at radius 2 is 2.00 bits per heavy atom. The van der Waals surface area contributed by atoms with Crippen LogP contribution >= 0.6 is 15.9 Å². The van der Waals surface area contributed by atoms with Crippen molar-refractivity contribution in [3.05, 3.63) is 52.0 Å². The zero-order valence-electron chi connectivity index (χ0n) is 10.8. The Morgan fingerprint density at radius 1 is 1.26 bits per heavy atom. The number of nitrogens with zero attached hydrogens (tertiary/aromatic N) is 1. The van der Waals surface area contributed by atoms with Gasteiger partial charge in [0.2, 0.25) is 0 Å². The van der Waals surface area contributed by atoms with E-state index in [9.17, 15) is 4.39 Å². The lowest BCUT2D eigenvalue weighted by atomic mass is 9.84. The van der Waals surface area contributed by atoms with E-state index in [2.05, 4.69) is 27.8 Å². The Kier molecular flexibility index (Phi) is 3.40. The van der Waals surface area contributed by atoms with Crippen molar-refractivity contribution in [2.45, 2.75) is 32.1 Å². The zero-order chi connectivity index (χ0) is 13.4. The van der Waals surface area contributed by atoms with Crippen molar-refractivity contribution in [2.24, 2.45) is 0 Å². The molecule has 3 rings (SSSR count). The Balaban J connectivity index is 2.18. The molecule has 1 aromatic heterocycles. The van der Waals surface area contributed by atoms with Gasteiger partial charge < -0.3 is 0 Å². The van der Waals surface area contributed by atoms with Gasteiger partial charge >= 0.3 is 0 Å². The lowest BCUT2D eigenvalue weighted by Gasteiger charge is -2.24. The lowest BCUT2D eigenvalue weighted by Crippen LogP contribution is -2.11. The van der Waals surface area contributed by atoms with Crippen molar-refractivity contribution in [2.75, 3.05) is 0 Å². The molecule has 1 atom stereocenters. The summed E-state index contributed by atoms with van der Waals surface area (Å²) in [6.07, 6.45) is 3.46. The third kappa shape index (κ3) is 2.44. The van der Waals surface area contributed by atoms with Crippen molar-refractivity contribution in [1.82, 2.24) is 4.98 Å². The minimum Gasteiger partial charge on any atom is -0.245 e. The summed E-state index contributed by atoms with van der Waals surface area (Å²) in [7, 11) is 0. The highest BCUT2D eigenvalue weighted by Crippen LogP contribution is 2.37. The van der Waals surface area contributed by atoms with Gasteiger partial charge in [-0.2, -0.15) is 0 Å². The van der Waals surface area contributed by atoms with Crippen LogP contribution in [-0.2, 0) is 6.42 Å². The highest BCUT2D eigenvalue weighted by Gasteiger charge is 2.22. The molecule has 98 valence electrons. The van der Waals surface area contributed by atoms with Crippen LogP contribution in [0.4, 0.5) is 4.39 Å². The van der Waals surface area contributed by atoms with Gasteiger partial charge in [-0.05, 0) is 76.0 Å². The predicted octanol–water partition coefficient (Wildman–Crippen LogP) is 5.09. The maximum Gasteiger partial charge on any atom is 0.123 e. The van der Waals surface area contributed by atoms with E-state index in [-0.39, 0.29) is 5.82 Å². The molecule has 0 N–H and O–H groups in total. The minimum absolute atomic E-state index is 0.195. The maximum absolute atomic E-state index is 13.1. The number of hydrogen-bond donors (Lipinski definition) is 0. The Bertz CT molecular complexity index is 607. The molecule has 0 radical (unpaired) electrons. The van der Waals surface area contributed by atoms with E-state index in [4.69, 9.17) is 0 Å². The molecule has 3 heteroatoms. The molecular weight excluding hydrogens is 305 g/mol. The lowest BCUT2D eigenvalue weighted by molar-refractivity contribution is 0.573. The summed E-state index contributed by atoms with van der Waals surface area (Å²) >= 11 is 3.50. The van der Waals surface area contributed by atoms with Crippen molar-refractivity contribution in [3.8, 4) is 11.1 Å². The quantitative estimate of drug-likeness (QED) is 0.667. The summed E-state index contributed by atoms with van der Waals surface area (Å²) in [6, 6.07) is 8.77. The molecule has 1 nitrogen and oxygen atoms in total. The van der Waals surface area contributed by atoms with Gasteiger partial charge in [-0.25, -0.2) is 9.37 Å². The number of rotatable bonds is 1. The molecular formula is C16H15BrFN. The van der Waals surface area contributed by atoms with Crippen LogP contribution < -0.4 is 0 Å². The van der Waals surface area contributed by atoms with E-state index in [1.54, 1.807) is 0 Å². The fourth-order valence-electron chi connectivity index (χ4n) is 2.84. The number of aromatic nitrogens is 1. The first-order chi connectivity index (χ1) is 9.15. The molecule has 1 heterocycles. The number of hydrogen-bond acceptors (Lipinski definition) is 1. The van der Waals surface area contributed by atoms with E-state index < -0.39 is 0 Å². The van der Waals surface area contributed by atoms with E-state index in [1.807, 2.05) is 18.2 Å². The molecule has 0 spiro atoms. The van der Waals surface area contributed by atoms with Gasteiger partial charge in [-0.3, -0.25) is 0 Å². The molecule has 1 unspecified atom stereocenters. The summed E-state index contributed by atoms with van der Waals surface area (Å²) in [4.78, 5) is 4.64. The number of pyridine rings is 1. The molecule has 0 saturated carbocycles. The van der Waals surface area contributed by atoms with Gasteiger partial charge in [0.25, 0.3) is 0 Å². The summed E-state index contributed by atoms with van der Waals surface area (Å²) in [5.74, 6) is 0.305. The largest absolute Gasteiger partial charge is 0.245 e. The van der Waals surface area contributed by atoms with Crippen LogP contribution in [-0.4, -0.2) is 4.98 Å². The summed E-state index contributed by atoms with van der Waals surface area (Å²) < 4.78 is 13.9. The average molecular weight is 320 g/mol. The highest BCUT2D eigenvalue weighted by molar-refractivity contribution is 9.10. The summed E-state index contributed by atoms with van der Waals surface area (Å²) in [5, 5.41) is 0. The van der Waals surface area contributed by atoms with Crippen LogP contribution in [0.2, 0.25) is 0 Å². The Hall–Kier alpha value is -1.22. The fourth-order valence-corrected chi connectivity index (χ4v) is 3.26.